The number of hydrogen-bond acceptors (Lipinski definition) is 6. The van der Waals surface area contributed by atoms with Crippen molar-refractivity contribution in [2.75, 3.05) is 6.61 Å². The van der Waals surface area contributed by atoms with Gasteiger partial charge in [-0.05, 0) is 67.1 Å². The molecule has 192 valence electrons. The van der Waals surface area contributed by atoms with Gasteiger partial charge in [-0.3, -0.25) is 9.59 Å². The molecule has 1 aliphatic rings. The van der Waals surface area contributed by atoms with E-state index in [0.29, 0.717) is 46.2 Å². The number of Topliss-reactive ketones (excluding diaryl/α,β-unsaturated/α-hetero) is 1. The molecule has 0 fully saturated rings. The molecule has 7 nitrogen and oxygen atoms in total. The van der Waals surface area contributed by atoms with E-state index in [9.17, 15) is 19.1 Å². The molecular formula is C28H19Cl2FN2O5. The highest BCUT2D eigenvalue weighted by molar-refractivity contribution is 6.32. The van der Waals surface area contributed by atoms with Crippen molar-refractivity contribution in [3.8, 4) is 28.5 Å². The number of ether oxygens (including phenoxy) is 2. The number of fused-ring (bicyclic) bond motifs is 1. The summed E-state index contributed by atoms with van der Waals surface area (Å²) in [6.07, 6.45) is 0.375. The average Bonchev–Trinajstić information content (AvgIpc) is 2.90. The van der Waals surface area contributed by atoms with Crippen molar-refractivity contribution >= 4 is 35.0 Å². The van der Waals surface area contributed by atoms with Crippen LogP contribution in [0.1, 0.15) is 34.0 Å². The first-order chi connectivity index (χ1) is 18.3. The van der Waals surface area contributed by atoms with Crippen LogP contribution in [0.2, 0.25) is 10.0 Å². The van der Waals surface area contributed by atoms with E-state index in [2.05, 4.69) is 10.2 Å². The molecule has 10 heteroatoms. The molecule has 0 bridgehead atoms. The Bertz CT molecular complexity index is 1530. The van der Waals surface area contributed by atoms with Crippen molar-refractivity contribution < 1.29 is 28.6 Å². The Kier molecular flexibility index (Phi) is 7.26. The lowest BCUT2D eigenvalue weighted by molar-refractivity contribution is -0.139. The van der Waals surface area contributed by atoms with Crippen LogP contribution in [0, 0.1) is 5.82 Å². The highest BCUT2D eigenvalue weighted by atomic mass is 35.5. The Labute approximate surface area is 226 Å². The number of carboxylic acids is 1. The molecule has 1 atom stereocenters. The molecule has 0 saturated carbocycles. The summed E-state index contributed by atoms with van der Waals surface area (Å²) in [6, 6.07) is 17.1. The molecule has 0 radical (unpaired) electrons. The summed E-state index contributed by atoms with van der Waals surface area (Å²) < 4.78 is 25.6. The molecule has 1 N–H and O–H groups in total. The van der Waals surface area contributed by atoms with Gasteiger partial charge >= 0.3 is 5.97 Å². The molecule has 0 saturated heterocycles. The number of rotatable bonds is 7. The summed E-state index contributed by atoms with van der Waals surface area (Å²) in [5, 5.41) is 18.1. The minimum atomic E-state index is -0.933. The van der Waals surface area contributed by atoms with Gasteiger partial charge in [0.15, 0.2) is 5.78 Å². The average molecular weight is 553 g/mol. The minimum absolute atomic E-state index is 0.00924. The smallest absolute Gasteiger partial charge is 0.311 e. The third-order valence-electron chi connectivity index (χ3n) is 6.07. The fourth-order valence-corrected chi connectivity index (χ4v) is 4.49. The molecule has 2 heterocycles. The lowest BCUT2D eigenvalue weighted by Crippen LogP contribution is -2.20. The van der Waals surface area contributed by atoms with Gasteiger partial charge in [0.1, 0.15) is 23.1 Å². The standard InChI is InChI=1S/C28H19Cl2FN2O5/c29-16-3-7-20(23(31)11-16)24-8-4-17(32-33-24)12-25(34)15-1-5-18(6-2-15)38-27-14-26-21(13-22(27)30)19(28(35)36)9-10-37-26/h1-8,11,13-14,19H,9-10,12H2,(H,35,36). The molecule has 0 spiro atoms. The maximum Gasteiger partial charge on any atom is 0.311 e. The molecule has 38 heavy (non-hydrogen) atoms. The Morgan fingerprint density at radius 1 is 1.03 bits per heavy atom. The van der Waals surface area contributed by atoms with E-state index in [-0.39, 0.29) is 34.4 Å². The van der Waals surface area contributed by atoms with E-state index in [1.165, 1.54) is 12.1 Å². The van der Waals surface area contributed by atoms with Gasteiger partial charge < -0.3 is 14.6 Å². The van der Waals surface area contributed by atoms with Gasteiger partial charge in [0, 0.05) is 27.8 Å². The van der Waals surface area contributed by atoms with Gasteiger partial charge in [0.25, 0.3) is 0 Å². The fraction of sp³-hybridized carbons (Fsp3) is 0.143. The second kappa shape index (κ2) is 10.8. The number of carboxylic acid groups (broad SMARTS) is 1. The number of halogens is 3. The summed E-state index contributed by atoms with van der Waals surface area (Å²) in [7, 11) is 0. The van der Waals surface area contributed by atoms with Gasteiger partial charge in [0.2, 0.25) is 0 Å². The number of aliphatic carboxylic acids is 1. The van der Waals surface area contributed by atoms with Crippen molar-refractivity contribution in [1.82, 2.24) is 10.2 Å². The SMILES string of the molecule is O=C(Cc1ccc(-c2ccc(Cl)cc2F)nn1)c1ccc(Oc2cc3c(cc2Cl)C(C(=O)O)CCO3)cc1. The first kappa shape index (κ1) is 25.6. The lowest BCUT2D eigenvalue weighted by Gasteiger charge is -2.24. The molecular weight excluding hydrogens is 534 g/mol. The normalized spacial score (nSPS) is 14.3. The predicted octanol–water partition coefficient (Wildman–Crippen LogP) is 6.76. The van der Waals surface area contributed by atoms with Crippen molar-refractivity contribution in [1.29, 1.82) is 0 Å². The second-order valence-electron chi connectivity index (χ2n) is 8.61. The van der Waals surface area contributed by atoms with Crippen molar-refractivity contribution in [2.45, 2.75) is 18.8 Å². The number of aromatic nitrogens is 2. The monoisotopic (exact) mass is 552 g/mol. The number of ketones is 1. The van der Waals surface area contributed by atoms with Crippen LogP contribution in [-0.4, -0.2) is 33.7 Å². The van der Waals surface area contributed by atoms with Crippen molar-refractivity contribution in [3.63, 3.8) is 0 Å². The van der Waals surface area contributed by atoms with Crippen LogP contribution in [0.3, 0.4) is 0 Å². The topological polar surface area (TPSA) is 98.6 Å². The van der Waals surface area contributed by atoms with Gasteiger partial charge in [-0.25, -0.2) is 4.39 Å². The molecule has 0 amide bonds. The van der Waals surface area contributed by atoms with E-state index in [1.54, 1.807) is 54.6 Å². The largest absolute Gasteiger partial charge is 0.493 e. The van der Waals surface area contributed by atoms with E-state index >= 15 is 0 Å². The summed E-state index contributed by atoms with van der Waals surface area (Å²) in [5.41, 5.74) is 1.99. The highest BCUT2D eigenvalue weighted by Crippen LogP contribution is 2.41. The number of carbonyl (C=O) groups is 2. The number of benzene rings is 3. The number of carbonyl (C=O) groups excluding carboxylic acids is 1. The van der Waals surface area contributed by atoms with Gasteiger partial charge in [-0.15, -0.1) is 0 Å². The zero-order chi connectivity index (χ0) is 26.8. The van der Waals surface area contributed by atoms with Crippen LogP contribution in [0.25, 0.3) is 11.3 Å². The quantitative estimate of drug-likeness (QED) is 0.253. The van der Waals surface area contributed by atoms with Crippen LogP contribution in [0.15, 0.2) is 66.7 Å². The summed E-state index contributed by atoms with van der Waals surface area (Å²) in [5.74, 6) is -1.15. The molecule has 1 unspecified atom stereocenters. The van der Waals surface area contributed by atoms with Gasteiger partial charge in [0.05, 0.1) is 35.4 Å². The molecule has 1 aromatic heterocycles. The number of nitrogens with zero attached hydrogens (tertiary/aromatic N) is 2. The fourth-order valence-electron chi connectivity index (χ4n) is 4.12. The van der Waals surface area contributed by atoms with Crippen LogP contribution in [0.4, 0.5) is 4.39 Å². The second-order valence-corrected chi connectivity index (χ2v) is 9.45. The zero-order valence-electron chi connectivity index (χ0n) is 19.7. The summed E-state index contributed by atoms with van der Waals surface area (Å²) in [4.78, 5) is 24.3. The van der Waals surface area contributed by atoms with Gasteiger partial charge in [-0.2, -0.15) is 10.2 Å². The maximum atomic E-state index is 14.1. The van der Waals surface area contributed by atoms with Crippen LogP contribution >= 0.6 is 23.2 Å². The van der Waals surface area contributed by atoms with Crippen LogP contribution in [-0.2, 0) is 11.2 Å². The van der Waals surface area contributed by atoms with E-state index in [4.69, 9.17) is 32.7 Å². The van der Waals surface area contributed by atoms with E-state index < -0.39 is 17.7 Å². The van der Waals surface area contributed by atoms with Crippen LogP contribution < -0.4 is 9.47 Å². The summed E-state index contributed by atoms with van der Waals surface area (Å²) in [6.45, 7) is 0.285. The molecule has 1 aliphatic heterocycles. The third kappa shape index (κ3) is 5.46. The van der Waals surface area contributed by atoms with Crippen molar-refractivity contribution in [2.24, 2.45) is 0 Å². The molecule has 5 rings (SSSR count). The van der Waals surface area contributed by atoms with Crippen LogP contribution in [0.5, 0.6) is 17.2 Å². The first-order valence-electron chi connectivity index (χ1n) is 11.6. The minimum Gasteiger partial charge on any atom is -0.493 e. The van der Waals surface area contributed by atoms with E-state index in [0.717, 1.165) is 0 Å². The summed E-state index contributed by atoms with van der Waals surface area (Å²) >= 11 is 12.1. The molecule has 0 aliphatic carbocycles. The predicted molar refractivity (Wildman–Crippen MR) is 139 cm³/mol. The molecule has 4 aromatic rings. The first-order valence-corrected chi connectivity index (χ1v) is 12.3. The maximum absolute atomic E-state index is 14.1. The van der Waals surface area contributed by atoms with Gasteiger partial charge in [-0.1, -0.05) is 23.2 Å². The Morgan fingerprint density at radius 2 is 1.82 bits per heavy atom. The zero-order valence-corrected chi connectivity index (χ0v) is 21.2. The third-order valence-corrected chi connectivity index (χ3v) is 6.61. The van der Waals surface area contributed by atoms with E-state index in [1.807, 2.05) is 0 Å². The highest BCUT2D eigenvalue weighted by Gasteiger charge is 2.29. The molecule has 3 aromatic carbocycles. The Morgan fingerprint density at radius 3 is 2.50 bits per heavy atom. The lowest BCUT2D eigenvalue weighted by atomic mass is 9.93. The Balaban J connectivity index is 1.25. The number of hydrogen-bond donors (Lipinski definition) is 1. The van der Waals surface area contributed by atoms with Crippen molar-refractivity contribution in [3.05, 3.63) is 99.4 Å². The Hall–Kier alpha value is -4.01.